The number of thiazole rings is 1. The number of aryl methyl sites for hydroxylation is 1. The van der Waals surface area contributed by atoms with Gasteiger partial charge in [-0.25, -0.2) is 14.6 Å². The smallest absolute Gasteiger partial charge is 0.408 e. The molecule has 0 fully saturated rings. The summed E-state index contributed by atoms with van der Waals surface area (Å²) in [5.74, 6) is -0.449. The Bertz CT molecular complexity index is 979. The number of likely N-dealkylation sites (N-methyl/N-ethyl adjacent to an activating group) is 1. The molecule has 198 valence electrons. The molecule has 8 nitrogen and oxygen atoms in total. The normalized spacial score (nSPS) is 13.5. The molecule has 0 spiro atoms. The van der Waals surface area contributed by atoms with Crippen molar-refractivity contribution in [1.29, 1.82) is 0 Å². The Morgan fingerprint density at radius 3 is 2.39 bits per heavy atom. The second-order valence-corrected chi connectivity index (χ2v) is 10.2. The zero-order valence-electron chi connectivity index (χ0n) is 22.2. The number of aromatic nitrogens is 1. The first-order valence-corrected chi connectivity index (χ1v) is 13.4. The SMILES string of the molecule is CCOC(=O)c1csc(CCC(C(C)C)N(C)C(=O)C(NC(=O)OCc2ccccc2)C(C)CC)n1. The number of hydrogen-bond acceptors (Lipinski definition) is 7. The van der Waals surface area contributed by atoms with E-state index in [0.717, 1.165) is 17.0 Å². The Morgan fingerprint density at radius 1 is 1.08 bits per heavy atom. The molecular formula is C27H39N3O5S. The van der Waals surface area contributed by atoms with Gasteiger partial charge in [0.1, 0.15) is 12.6 Å². The highest BCUT2D eigenvalue weighted by Crippen LogP contribution is 2.21. The summed E-state index contributed by atoms with van der Waals surface area (Å²) in [4.78, 5) is 44.1. The molecule has 2 amide bonds. The molecule has 1 heterocycles. The Hall–Kier alpha value is -2.94. The predicted octanol–water partition coefficient (Wildman–Crippen LogP) is 5.08. The maximum atomic E-state index is 13.6. The highest BCUT2D eigenvalue weighted by molar-refractivity contribution is 7.09. The molecule has 3 atom stereocenters. The quantitative estimate of drug-likeness (QED) is 0.372. The van der Waals surface area contributed by atoms with Crippen molar-refractivity contribution in [3.8, 4) is 0 Å². The molecule has 0 saturated heterocycles. The fourth-order valence-electron chi connectivity index (χ4n) is 3.93. The van der Waals surface area contributed by atoms with Crippen LogP contribution in [0, 0.1) is 11.8 Å². The van der Waals surface area contributed by atoms with E-state index in [0.29, 0.717) is 25.1 Å². The third kappa shape index (κ3) is 8.62. The van der Waals surface area contributed by atoms with Crippen molar-refractivity contribution >= 4 is 29.3 Å². The number of rotatable bonds is 13. The average molecular weight is 518 g/mol. The zero-order chi connectivity index (χ0) is 26.7. The summed E-state index contributed by atoms with van der Waals surface area (Å²) >= 11 is 1.42. The Balaban J connectivity index is 2.03. The second-order valence-electron chi connectivity index (χ2n) is 9.22. The van der Waals surface area contributed by atoms with Gasteiger partial charge in [-0.3, -0.25) is 4.79 Å². The monoisotopic (exact) mass is 517 g/mol. The first kappa shape index (κ1) is 29.3. The summed E-state index contributed by atoms with van der Waals surface area (Å²) in [6.45, 7) is 10.3. The van der Waals surface area contributed by atoms with Crippen LogP contribution in [0.25, 0.3) is 0 Å². The Labute approximate surface area is 218 Å². The van der Waals surface area contributed by atoms with Gasteiger partial charge in [-0.15, -0.1) is 11.3 Å². The maximum absolute atomic E-state index is 13.6. The molecule has 0 saturated carbocycles. The molecular weight excluding hydrogens is 478 g/mol. The first-order chi connectivity index (χ1) is 17.2. The molecule has 0 radical (unpaired) electrons. The van der Waals surface area contributed by atoms with Crippen molar-refractivity contribution in [2.75, 3.05) is 13.7 Å². The number of ether oxygens (including phenoxy) is 2. The van der Waals surface area contributed by atoms with Crippen LogP contribution in [0.4, 0.5) is 4.79 Å². The van der Waals surface area contributed by atoms with Crippen LogP contribution in [0.15, 0.2) is 35.7 Å². The molecule has 0 aliphatic heterocycles. The largest absolute Gasteiger partial charge is 0.461 e. The summed E-state index contributed by atoms with van der Waals surface area (Å²) in [5.41, 5.74) is 1.20. The summed E-state index contributed by atoms with van der Waals surface area (Å²) in [6.07, 6.45) is 1.43. The van der Waals surface area contributed by atoms with E-state index >= 15 is 0 Å². The first-order valence-electron chi connectivity index (χ1n) is 12.5. The van der Waals surface area contributed by atoms with E-state index in [-0.39, 0.29) is 30.4 Å². The number of alkyl carbamates (subject to hydrolysis) is 1. The lowest BCUT2D eigenvalue weighted by molar-refractivity contribution is -0.136. The Kier molecular flexibility index (Phi) is 11.9. The molecule has 0 bridgehead atoms. The molecule has 0 aliphatic rings. The van der Waals surface area contributed by atoms with E-state index in [2.05, 4.69) is 24.1 Å². The van der Waals surface area contributed by atoms with Crippen molar-refractivity contribution in [3.05, 3.63) is 52.0 Å². The van der Waals surface area contributed by atoms with Gasteiger partial charge >= 0.3 is 12.1 Å². The summed E-state index contributed by atoms with van der Waals surface area (Å²) in [5, 5.41) is 5.33. The minimum Gasteiger partial charge on any atom is -0.461 e. The third-order valence-corrected chi connectivity index (χ3v) is 7.18. The van der Waals surface area contributed by atoms with Gasteiger partial charge < -0.3 is 19.7 Å². The second kappa shape index (κ2) is 14.6. The van der Waals surface area contributed by atoms with Crippen LogP contribution in [-0.2, 0) is 27.3 Å². The minimum absolute atomic E-state index is 0.0665. The number of benzene rings is 1. The van der Waals surface area contributed by atoms with Crippen LogP contribution < -0.4 is 5.32 Å². The van der Waals surface area contributed by atoms with Crippen LogP contribution in [0.3, 0.4) is 0 Å². The lowest BCUT2D eigenvalue weighted by Crippen LogP contribution is -2.54. The zero-order valence-corrected chi connectivity index (χ0v) is 23.0. The molecule has 2 aromatic rings. The molecule has 1 aromatic carbocycles. The fourth-order valence-corrected chi connectivity index (χ4v) is 4.71. The van der Waals surface area contributed by atoms with E-state index in [4.69, 9.17) is 9.47 Å². The summed E-state index contributed by atoms with van der Waals surface area (Å²) < 4.78 is 10.4. The van der Waals surface area contributed by atoms with E-state index in [9.17, 15) is 14.4 Å². The summed E-state index contributed by atoms with van der Waals surface area (Å²) in [6, 6.07) is 8.66. The lowest BCUT2D eigenvalue weighted by atomic mass is 9.94. The number of carbonyl (C=O) groups excluding carboxylic acids is 3. The van der Waals surface area contributed by atoms with Crippen LogP contribution >= 0.6 is 11.3 Å². The molecule has 36 heavy (non-hydrogen) atoms. The molecule has 3 unspecified atom stereocenters. The van der Waals surface area contributed by atoms with Gasteiger partial charge in [0.25, 0.3) is 0 Å². The fraction of sp³-hybridized carbons (Fsp3) is 0.556. The van der Waals surface area contributed by atoms with Gasteiger partial charge in [0, 0.05) is 24.9 Å². The maximum Gasteiger partial charge on any atom is 0.408 e. The minimum atomic E-state index is -0.695. The standard InChI is InChI=1S/C27H39N3O5S/c1-7-19(5)24(29-27(33)35-16-20-12-10-9-11-13-20)25(31)30(6)22(18(3)4)14-15-23-28-21(17-36-23)26(32)34-8-2/h9-13,17-19,22,24H,7-8,14-16H2,1-6H3,(H,29,33). The van der Waals surface area contributed by atoms with E-state index in [1.54, 1.807) is 24.3 Å². The van der Waals surface area contributed by atoms with Gasteiger partial charge in [0.2, 0.25) is 5.91 Å². The van der Waals surface area contributed by atoms with Crippen LogP contribution in [0.1, 0.15) is 68.5 Å². The van der Waals surface area contributed by atoms with Gasteiger partial charge in [-0.2, -0.15) is 0 Å². The van der Waals surface area contributed by atoms with Gasteiger partial charge in [0.15, 0.2) is 5.69 Å². The van der Waals surface area contributed by atoms with Crippen LogP contribution in [-0.4, -0.2) is 53.6 Å². The number of nitrogens with zero attached hydrogens (tertiary/aromatic N) is 2. The summed E-state index contributed by atoms with van der Waals surface area (Å²) in [7, 11) is 1.78. The molecule has 2 rings (SSSR count). The average Bonchev–Trinajstić information content (AvgIpc) is 3.35. The lowest BCUT2D eigenvalue weighted by Gasteiger charge is -2.35. The van der Waals surface area contributed by atoms with E-state index < -0.39 is 18.1 Å². The highest BCUT2D eigenvalue weighted by atomic mass is 32.1. The van der Waals surface area contributed by atoms with Gasteiger partial charge in [-0.05, 0) is 30.7 Å². The Morgan fingerprint density at radius 2 is 1.78 bits per heavy atom. The van der Waals surface area contributed by atoms with Crippen molar-refractivity contribution < 1.29 is 23.9 Å². The predicted molar refractivity (Wildman–Crippen MR) is 141 cm³/mol. The van der Waals surface area contributed by atoms with Crippen LogP contribution in [0.5, 0.6) is 0 Å². The van der Waals surface area contributed by atoms with Crippen molar-refractivity contribution in [1.82, 2.24) is 15.2 Å². The third-order valence-electron chi connectivity index (χ3n) is 6.27. The van der Waals surface area contributed by atoms with Crippen LogP contribution in [0.2, 0.25) is 0 Å². The van der Waals surface area contributed by atoms with Crippen molar-refractivity contribution in [2.24, 2.45) is 11.8 Å². The number of esters is 1. The number of amides is 2. The van der Waals surface area contributed by atoms with Gasteiger partial charge in [-0.1, -0.05) is 64.4 Å². The van der Waals surface area contributed by atoms with Crippen molar-refractivity contribution in [2.45, 2.75) is 72.6 Å². The van der Waals surface area contributed by atoms with E-state index in [1.807, 2.05) is 44.2 Å². The molecule has 1 N–H and O–H groups in total. The molecule has 9 heteroatoms. The van der Waals surface area contributed by atoms with Crippen molar-refractivity contribution in [3.63, 3.8) is 0 Å². The number of carbonyl (C=O) groups is 3. The van der Waals surface area contributed by atoms with Gasteiger partial charge in [0.05, 0.1) is 11.6 Å². The number of hydrogen-bond donors (Lipinski definition) is 1. The highest BCUT2D eigenvalue weighted by Gasteiger charge is 2.33. The molecule has 1 aromatic heterocycles. The number of nitrogens with one attached hydrogen (secondary N) is 1. The topological polar surface area (TPSA) is 97.8 Å². The van der Waals surface area contributed by atoms with E-state index in [1.165, 1.54) is 11.3 Å². The molecule has 0 aliphatic carbocycles.